The summed E-state index contributed by atoms with van der Waals surface area (Å²) in [6, 6.07) is 16.5. The molecule has 1 unspecified atom stereocenters. The number of hydrogen-bond donors (Lipinski definition) is 2. The van der Waals surface area contributed by atoms with Crippen LogP contribution in [0.15, 0.2) is 67.3 Å². The van der Waals surface area contributed by atoms with Gasteiger partial charge < -0.3 is 14.5 Å². The normalized spacial score (nSPS) is 12.4. The van der Waals surface area contributed by atoms with Crippen LogP contribution in [0.25, 0.3) is 11.1 Å². The van der Waals surface area contributed by atoms with Gasteiger partial charge in [-0.2, -0.15) is 0 Å². The molecule has 2 rings (SSSR count). The molecule has 0 aliphatic carbocycles. The topological polar surface area (TPSA) is 93.1 Å². The number of ether oxygens (including phenoxy) is 1. The first kappa shape index (κ1) is 18.1. The summed E-state index contributed by atoms with van der Waals surface area (Å²) < 4.78 is 20.7. The molecule has 0 aromatic heterocycles. The Bertz CT molecular complexity index is 753. The number of phosphoric acid groups is 1. The Morgan fingerprint density at radius 1 is 1.12 bits per heavy atom. The molecule has 0 spiro atoms. The molecule has 0 saturated carbocycles. The minimum atomic E-state index is -4.70. The number of rotatable bonds is 7. The van der Waals surface area contributed by atoms with Crippen molar-refractivity contribution in [3.8, 4) is 11.1 Å². The van der Waals surface area contributed by atoms with E-state index in [2.05, 4.69) is 11.1 Å². The predicted molar refractivity (Wildman–Crippen MR) is 88.9 cm³/mol. The number of hydrogen-bond acceptors (Lipinski definition) is 4. The van der Waals surface area contributed by atoms with Crippen LogP contribution in [-0.4, -0.2) is 22.4 Å². The molecule has 0 aliphatic heterocycles. The first-order valence-electron chi connectivity index (χ1n) is 7.08. The maximum Gasteiger partial charge on any atom is 0.469 e. The fourth-order valence-corrected chi connectivity index (χ4v) is 2.53. The number of esters is 1. The van der Waals surface area contributed by atoms with Crippen molar-refractivity contribution in [1.29, 1.82) is 0 Å². The largest absolute Gasteiger partial charge is 0.469 e. The molecule has 2 aromatic carbocycles. The number of benzene rings is 2. The van der Waals surface area contributed by atoms with Gasteiger partial charge in [-0.15, -0.1) is 0 Å². The summed E-state index contributed by atoms with van der Waals surface area (Å²) in [6.45, 7) is 2.85. The molecule has 2 aromatic rings. The summed E-state index contributed by atoms with van der Waals surface area (Å²) >= 11 is 0. The van der Waals surface area contributed by atoms with E-state index >= 15 is 0 Å². The van der Waals surface area contributed by atoms with Crippen LogP contribution < -0.4 is 0 Å². The molecule has 0 amide bonds. The molecule has 7 heteroatoms. The lowest BCUT2D eigenvalue weighted by molar-refractivity contribution is -0.145. The molecule has 0 aliphatic rings. The summed E-state index contributed by atoms with van der Waals surface area (Å²) in [5, 5.41) is 0. The van der Waals surface area contributed by atoms with Gasteiger partial charge in [-0.25, -0.2) is 9.36 Å². The molecule has 1 atom stereocenters. The average molecular weight is 348 g/mol. The molecule has 0 fully saturated rings. The molecule has 24 heavy (non-hydrogen) atoms. The van der Waals surface area contributed by atoms with Crippen LogP contribution in [-0.2, 0) is 18.6 Å². The third kappa shape index (κ3) is 5.15. The Kier molecular flexibility index (Phi) is 6.06. The van der Waals surface area contributed by atoms with E-state index in [1.807, 2.05) is 42.5 Å². The molecular formula is C17H17O6P. The van der Waals surface area contributed by atoms with Crippen LogP contribution in [0.5, 0.6) is 0 Å². The van der Waals surface area contributed by atoms with Crippen molar-refractivity contribution in [3.05, 3.63) is 72.8 Å². The van der Waals surface area contributed by atoms with Crippen LogP contribution in [0.3, 0.4) is 0 Å². The van der Waals surface area contributed by atoms with Gasteiger partial charge in [-0.3, -0.25) is 4.52 Å². The number of phosphoric ester groups is 1. The first-order chi connectivity index (χ1) is 11.4. The van der Waals surface area contributed by atoms with Gasteiger partial charge in [0.05, 0.1) is 6.61 Å². The van der Waals surface area contributed by atoms with Crippen molar-refractivity contribution < 1.29 is 28.4 Å². The van der Waals surface area contributed by atoms with E-state index < -0.39 is 26.5 Å². The van der Waals surface area contributed by atoms with Crippen LogP contribution in [0.1, 0.15) is 11.7 Å². The van der Waals surface area contributed by atoms with Crippen molar-refractivity contribution in [3.63, 3.8) is 0 Å². The van der Waals surface area contributed by atoms with E-state index in [-0.39, 0.29) is 0 Å². The lowest BCUT2D eigenvalue weighted by atomic mass is 9.96. The van der Waals surface area contributed by atoms with Crippen LogP contribution >= 0.6 is 7.82 Å². The van der Waals surface area contributed by atoms with Gasteiger partial charge in [0, 0.05) is 11.6 Å². The Morgan fingerprint density at radius 3 is 2.38 bits per heavy atom. The van der Waals surface area contributed by atoms with Crippen molar-refractivity contribution in [2.75, 3.05) is 6.61 Å². The quantitative estimate of drug-likeness (QED) is 0.453. The van der Waals surface area contributed by atoms with Gasteiger partial charge >= 0.3 is 13.8 Å². The highest BCUT2D eigenvalue weighted by Crippen LogP contribution is 2.39. The minimum absolute atomic E-state index is 0.478. The molecule has 0 saturated heterocycles. The molecule has 0 radical (unpaired) electrons. The smallest absolute Gasteiger partial charge is 0.452 e. The van der Waals surface area contributed by atoms with Gasteiger partial charge in [-0.1, -0.05) is 61.2 Å². The van der Waals surface area contributed by atoms with Crippen molar-refractivity contribution in [2.24, 2.45) is 0 Å². The van der Waals surface area contributed by atoms with Crippen molar-refractivity contribution >= 4 is 13.8 Å². The van der Waals surface area contributed by atoms with Gasteiger partial charge in [0.1, 0.15) is 0 Å². The second-order valence-electron chi connectivity index (χ2n) is 4.87. The lowest BCUT2D eigenvalue weighted by Gasteiger charge is -2.21. The highest BCUT2D eigenvalue weighted by atomic mass is 31.2. The second-order valence-corrected chi connectivity index (χ2v) is 6.11. The van der Waals surface area contributed by atoms with E-state index in [1.165, 1.54) is 0 Å². The average Bonchev–Trinajstić information content (AvgIpc) is 2.58. The molecule has 0 bridgehead atoms. The van der Waals surface area contributed by atoms with Crippen molar-refractivity contribution in [1.82, 2.24) is 0 Å². The maximum atomic E-state index is 11.6. The van der Waals surface area contributed by atoms with E-state index in [0.29, 0.717) is 5.56 Å². The van der Waals surface area contributed by atoms with Gasteiger partial charge in [-0.05, 0) is 11.1 Å². The second kappa shape index (κ2) is 8.04. The summed E-state index contributed by atoms with van der Waals surface area (Å²) in [4.78, 5) is 29.4. The first-order valence-corrected chi connectivity index (χ1v) is 8.61. The van der Waals surface area contributed by atoms with Gasteiger partial charge in [0.2, 0.25) is 0 Å². The summed E-state index contributed by atoms with van der Waals surface area (Å²) in [5.41, 5.74) is 2.23. The highest BCUT2D eigenvalue weighted by Gasteiger charge is 2.24. The zero-order chi connectivity index (χ0) is 17.6. The molecule has 6 nitrogen and oxygen atoms in total. The maximum absolute atomic E-state index is 11.6. The zero-order valence-electron chi connectivity index (χ0n) is 12.7. The molecular weight excluding hydrogens is 331 g/mol. The Morgan fingerprint density at radius 2 is 1.75 bits per heavy atom. The third-order valence-electron chi connectivity index (χ3n) is 3.21. The van der Waals surface area contributed by atoms with E-state index in [4.69, 9.17) is 14.5 Å². The summed E-state index contributed by atoms with van der Waals surface area (Å²) in [5.74, 6) is -0.711. The fourth-order valence-electron chi connectivity index (χ4n) is 2.20. The lowest BCUT2D eigenvalue weighted by Crippen LogP contribution is -2.15. The van der Waals surface area contributed by atoms with Crippen LogP contribution in [0, 0.1) is 0 Å². The Labute approximate surface area is 139 Å². The third-order valence-corrected chi connectivity index (χ3v) is 3.70. The van der Waals surface area contributed by atoms with Crippen LogP contribution in [0.2, 0.25) is 0 Å². The zero-order valence-corrected chi connectivity index (χ0v) is 13.6. The Balaban J connectivity index is 2.40. The summed E-state index contributed by atoms with van der Waals surface area (Å²) in [6.07, 6.45) is -0.00479. The fraction of sp³-hybridized carbons (Fsp3) is 0.118. The predicted octanol–water partition coefficient (Wildman–Crippen LogP) is 3.23. The number of carbonyl (C=O) groups is 1. The van der Waals surface area contributed by atoms with E-state index in [1.54, 1.807) is 12.1 Å². The Hall–Kier alpha value is -2.24. The number of carbonyl (C=O) groups excluding carboxylic acids is 1. The highest BCUT2D eigenvalue weighted by molar-refractivity contribution is 7.46. The monoisotopic (exact) mass is 348 g/mol. The molecule has 126 valence electrons. The van der Waals surface area contributed by atoms with E-state index in [9.17, 15) is 9.36 Å². The SMILES string of the molecule is C=CC(=O)OC(COP(=O)(O)O)c1ccccc1-c1ccccc1. The van der Waals surface area contributed by atoms with Crippen molar-refractivity contribution in [2.45, 2.75) is 6.10 Å². The van der Waals surface area contributed by atoms with Gasteiger partial charge in [0.15, 0.2) is 6.10 Å². The van der Waals surface area contributed by atoms with Crippen LogP contribution in [0.4, 0.5) is 0 Å². The summed E-state index contributed by atoms with van der Waals surface area (Å²) in [7, 11) is -4.70. The van der Waals surface area contributed by atoms with Gasteiger partial charge in [0.25, 0.3) is 0 Å². The minimum Gasteiger partial charge on any atom is -0.452 e. The van der Waals surface area contributed by atoms with E-state index in [0.717, 1.165) is 17.2 Å². The standard InChI is InChI=1S/C17H17O6P/c1-2-17(18)23-16(12-22-24(19,20)21)15-11-7-6-10-14(15)13-8-4-3-5-9-13/h2-11,16H,1,12H2,(H2,19,20,21). The molecule has 2 N–H and O–H groups in total. The molecule has 0 heterocycles.